The van der Waals surface area contributed by atoms with Crippen molar-refractivity contribution in [3.8, 4) is 0 Å². The molecule has 0 heterocycles. The fraction of sp³-hybridized carbons (Fsp3) is 1.00. The Morgan fingerprint density at radius 3 is 1.17 bits per heavy atom. The molecule has 144 valence electrons. The molecule has 3 unspecified atom stereocenters. The summed E-state index contributed by atoms with van der Waals surface area (Å²) in [6.07, 6.45) is -15.0. The highest BCUT2D eigenvalue weighted by Crippen LogP contribution is 2.45. The van der Waals surface area contributed by atoms with Crippen LogP contribution in [0.25, 0.3) is 0 Å². The van der Waals surface area contributed by atoms with Gasteiger partial charge in [-0.2, -0.15) is 0 Å². The number of hydrogen-bond acceptors (Lipinski definition) is 12. The zero-order valence-corrected chi connectivity index (χ0v) is 13.8. The summed E-state index contributed by atoms with van der Waals surface area (Å²) in [7, 11) is -17.0. The van der Waals surface area contributed by atoms with E-state index in [1.54, 1.807) is 0 Å². The molecule has 15 nitrogen and oxygen atoms in total. The van der Waals surface area contributed by atoms with Crippen molar-refractivity contribution < 1.29 is 71.9 Å². The van der Waals surface area contributed by atoms with Crippen molar-refractivity contribution in [3.05, 3.63) is 0 Å². The number of aliphatic hydroxyl groups excluding tert-OH is 3. The van der Waals surface area contributed by atoms with Crippen LogP contribution in [0, 0.1) is 0 Å². The molecular weight excluding hydrogens is 405 g/mol. The monoisotopic (exact) mass is 417 g/mol. The molecule has 0 aromatic rings. The first kappa shape index (κ1) is 22.3. The second kappa shape index (κ2) is 7.45. The summed E-state index contributed by atoms with van der Waals surface area (Å²) in [5.41, 5.74) is 0. The number of phosphoric acid groups is 3. The summed E-state index contributed by atoms with van der Waals surface area (Å²) < 4.78 is 43.9. The molecule has 0 radical (unpaired) electrons. The molecule has 1 aliphatic carbocycles. The van der Waals surface area contributed by atoms with E-state index in [2.05, 4.69) is 13.6 Å². The van der Waals surface area contributed by atoms with Crippen LogP contribution in [-0.4, -0.2) is 66.6 Å². The Balaban J connectivity index is 3.23. The summed E-state index contributed by atoms with van der Waals surface area (Å²) in [4.78, 5) is 58.0. The predicted octanol–water partition coefficient (Wildman–Crippen LogP) is -5.38. The second-order valence-electron chi connectivity index (χ2n) is 4.59. The summed E-state index contributed by atoms with van der Waals surface area (Å²) in [5, 5.41) is 29.1. The Labute approximate surface area is 133 Å². The van der Waals surface area contributed by atoms with Gasteiger partial charge in [0.1, 0.15) is 36.6 Å². The second-order valence-corrected chi connectivity index (χ2v) is 8.03. The maximum Gasteiger partial charge on any atom is 0.265 e. The molecule has 0 saturated heterocycles. The Morgan fingerprint density at radius 2 is 0.833 bits per heavy atom. The molecule has 1 aliphatic rings. The van der Waals surface area contributed by atoms with Crippen LogP contribution in [-0.2, 0) is 27.3 Å². The van der Waals surface area contributed by atoms with E-state index in [9.17, 15) is 43.7 Å². The summed E-state index contributed by atoms with van der Waals surface area (Å²) >= 11 is 0. The molecule has 0 aromatic heterocycles. The topological polar surface area (TPSA) is 269 Å². The Morgan fingerprint density at radius 1 is 0.583 bits per heavy atom. The molecule has 0 spiro atoms. The predicted molar refractivity (Wildman–Crippen MR) is 62.1 cm³/mol. The van der Waals surface area contributed by atoms with Gasteiger partial charge in [-0.25, -0.2) is 0 Å². The standard InChI is InChI=1S/C6H15O15P3/c7-1-2(8)5(20-23(13,14)15)6(21-24(16,17)18)3(9)4(1)19-22(10,11)12/h1-9H,(H2,10,11,12)(H2,13,14,15)(H2,16,17,18)/p-3/t1-,2+,3+,4-,5-,6-/m1/s1. The molecule has 0 amide bonds. The highest BCUT2D eigenvalue weighted by atomic mass is 31.2. The van der Waals surface area contributed by atoms with Gasteiger partial charge in [0.25, 0.3) is 23.5 Å². The van der Waals surface area contributed by atoms with Crippen molar-refractivity contribution in [1.82, 2.24) is 0 Å². The van der Waals surface area contributed by atoms with Crippen LogP contribution in [0.15, 0.2) is 0 Å². The lowest BCUT2D eigenvalue weighted by Crippen LogP contribution is -2.65. The average Bonchev–Trinajstić information content (AvgIpc) is 2.32. The van der Waals surface area contributed by atoms with E-state index in [1.807, 2.05) is 0 Å². The molecule has 0 aliphatic heterocycles. The summed E-state index contributed by atoms with van der Waals surface area (Å²) in [6, 6.07) is 0. The fourth-order valence-corrected chi connectivity index (χ4v) is 3.66. The van der Waals surface area contributed by atoms with E-state index in [4.69, 9.17) is 14.7 Å². The SMILES string of the molecule is O=P([O-])(O)O[C@@H]1[C@H](O)[C@H](O)[C@@H](OP(=O)([O-])O)[C@H](OP(=O)([O-])O)[C@H]1O. The molecule has 1 rings (SSSR count). The maximum atomic E-state index is 10.8. The first-order valence-corrected chi connectivity index (χ1v) is 10.2. The Kier molecular flexibility index (Phi) is 6.90. The van der Waals surface area contributed by atoms with Gasteiger partial charge >= 0.3 is 0 Å². The summed E-state index contributed by atoms with van der Waals surface area (Å²) in [6.45, 7) is 0. The van der Waals surface area contributed by atoms with Crippen molar-refractivity contribution in [2.75, 3.05) is 0 Å². The van der Waals surface area contributed by atoms with Gasteiger partial charge in [0.2, 0.25) is 0 Å². The van der Waals surface area contributed by atoms with Crippen LogP contribution in [0.1, 0.15) is 0 Å². The van der Waals surface area contributed by atoms with Gasteiger partial charge in [0.15, 0.2) is 0 Å². The fourth-order valence-electron chi connectivity index (χ4n) is 2.00. The Hall–Kier alpha value is 0.210. The van der Waals surface area contributed by atoms with E-state index >= 15 is 0 Å². The largest absolute Gasteiger partial charge is 0.756 e. The Bertz CT molecular complexity index is 574. The minimum atomic E-state index is -5.72. The first-order valence-electron chi connectivity index (χ1n) is 5.72. The molecular formula is C6H12O15P3-3. The van der Waals surface area contributed by atoms with Crippen LogP contribution < -0.4 is 14.7 Å². The molecule has 0 bridgehead atoms. The zero-order chi connectivity index (χ0) is 19.1. The van der Waals surface area contributed by atoms with Crippen molar-refractivity contribution in [1.29, 1.82) is 0 Å². The van der Waals surface area contributed by atoms with Crippen LogP contribution in [0.5, 0.6) is 0 Å². The smallest absolute Gasteiger partial charge is 0.265 e. The third-order valence-electron chi connectivity index (χ3n) is 2.78. The van der Waals surface area contributed by atoms with Gasteiger partial charge in [-0.3, -0.25) is 13.7 Å². The molecule has 1 saturated carbocycles. The highest BCUT2D eigenvalue weighted by molar-refractivity contribution is 7.45. The molecule has 18 heteroatoms. The van der Waals surface area contributed by atoms with Crippen molar-refractivity contribution >= 4 is 23.5 Å². The van der Waals surface area contributed by atoms with Crippen LogP contribution in [0.2, 0.25) is 0 Å². The highest BCUT2D eigenvalue weighted by Gasteiger charge is 2.54. The lowest BCUT2D eigenvalue weighted by atomic mass is 9.85. The van der Waals surface area contributed by atoms with E-state index in [0.29, 0.717) is 0 Å². The third-order valence-corrected chi connectivity index (χ3v) is 4.31. The van der Waals surface area contributed by atoms with Crippen molar-refractivity contribution in [3.63, 3.8) is 0 Å². The van der Waals surface area contributed by atoms with Gasteiger partial charge in [-0.15, -0.1) is 0 Å². The van der Waals surface area contributed by atoms with Gasteiger partial charge in [0, 0.05) is 0 Å². The average molecular weight is 417 g/mol. The molecule has 6 N–H and O–H groups in total. The van der Waals surface area contributed by atoms with Crippen LogP contribution in [0.3, 0.4) is 0 Å². The maximum absolute atomic E-state index is 10.8. The number of phosphoric ester groups is 3. The third kappa shape index (κ3) is 6.50. The van der Waals surface area contributed by atoms with Gasteiger partial charge in [0.05, 0.1) is 0 Å². The van der Waals surface area contributed by atoms with Crippen LogP contribution >= 0.6 is 23.5 Å². The van der Waals surface area contributed by atoms with Gasteiger partial charge in [-0.1, -0.05) is 0 Å². The lowest BCUT2D eigenvalue weighted by Gasteiger charge is -2.47. The molecule has 9 atom stereocenters. The van der Waals surface area contributed by atoms with Crippen molar-refractivity contribution in [2.45, 2.75) is 36.6 Å². The summed E-state index contributed by atoms with van der Waals surface area (Å²) in [5.74, 6) is 0. The molecule has 1 fully saturated rings. The van der Waals surface area contributed by atoms with Gasteiger partial charge in [-0.05, 0) is 0 Å². The minimum absolute atomic E-state index is 2.44. The minimum Gasteiger partial charge on any atom is -0.756 e. The van der Waals surface area contributed by atoms with Crippen LogP contribution in [0.4, 0.5) is 0 Å². The van der Waals surface area contributed by atoms with E-state index in [0.717, 1.165) is 0 Å². The van der Waals surface area contributed by atoms with Gasteiger partial charge < -0.3 is 58.3 Å². The number of hydrogen-bond donors (Lipinski definition) is 6. The normalized spacial score (nSPS) is 41.9. The van der Waals surface area contributed by atoms with E-state index in [1.165, 1.54) is 0 Å². The molecule has 24 heavy (non-hydrogen) atoms. The van der Waals surface area contributed by atoms with Crippen molar-refractivity contribution in [2.24, 2.45) is 0 Å². The first-order chi connectivity index (χ1) is 10.5. The quantitative estimate of drug-likeness (QED) is 0.220. The number of aliphatic hydroxyl groups is 3. The van der Waals surface area contributed by atoms with E-state index < -0.39 is 60.1 Å². The zero-order valence-electron chi connectivity index (χ0n) is 11.2. The van der Waals surface area contributed by atoms with E-state index in [-0.39, 0.29) is 0 Å². The molecule has 0 aromatic carbocycles. The lowest BCUT2D eigenvalue weighted by molar-refractivity contribution is -0.278. The number of rotatable bonds is 6.